The van der Waals surface area contributed by atoms with E-state index in [1.165, 1.54) is 6.42 Å². The van der Waals surface area contributed by atoms with E-state index in [4.69, 9.17) is 9.47 Å². The van der Waals surface area contributed by atoms with E-state index in [2.05, 4.69) is 21.2 Å². The maximum absolute atomic E-state index is 9.98. The fourth-order valence-electron chi connectivity index (χ4n) is 2.62. The van der Waals surface area contributed by atoms with Gasteiger partial charge >= 0.3 is 0 Å². The minimum Gasteiger partial charge on any atom is -0.493 e. The van der Waals surface area contributed by atoms with Gasteiger partial charge in [0.15, 0.2) is 11.5 Å². The molecule has 1 aliphatic rings. The molecular formula is C15H22BrNO3. The van der Waals surface area contributed by atoms with Crippen LogP contribution in [0.15, 0.2) is 16.6 Å². The minimum atomic E-state index is -0.234. The van der Waals surface area contributed by atoms with Crippen LogP contribution in [-0.4, -0.2) is 31.5 Å². The highest BCUT2D eigenvalue weighted by atomic mass is 79.9. The summed E-state index contributed by atoms with van der Waals surface area (Å²) in [6.07, 6.45) is 4.00. The Morgan fingerprint density at radius 2 is 1.85 bits per heavy atom. The molecule has 2 atom stereocenters. The van der Waals surface area contributed by atoms with Gasteiger partial charge in [-0.1, -0.05) is 28.8 Å². The third-order valence-electron chi connectivity index (χ3n) is 3.84. The van der Waals surface area contributed by atoms with Crippen molar-refractivity contribution in [3.63, 3.8) is 0 Å². The van der Waals surface area contributed by atoms with Crippen LogP contribution in [0.2, 0.25) is 0 Å². The van der Waals surface area contributed by atoms with Crippen LogP contribution >= 0.6 is 15.9 Å². The van der Waals surface area contributed by atoms with Gasteiger partial charge in [-0.25, -0.2) is 0 Å². The number of hydrogen-bond acceptors (Lipinski definition) is 4. The zero-order chi connectivity index (χ0) is 14.5. The summed E-state index contributed by atoms with van der Waals surface area (Å²) in [6, 6.07) is 4.06. The standard InChI is InChI=1S/C15H22BrNO3/c1-19-14-7-10(11(16)8-15(14)20-2)9-17-12-5-3-4-6-13(12)18/h7-8,12-13,17-18H,3-6,9H2,1-2H3/t12-,13+/m0/s1. The molecule has 20 heavy (non-hydrogen) atoms. The minimum absolute atomic E-state index is 0.184. The van der Waals surface area contributed by atoms with Crippen molar-refractivity contribution in [3.8, 4) is 11.5 Å². The Labute approximate surface area is 128 Å². The van der Waals surface area contributed by atoms with Crippen LogP contribution in [0.25, 0.3) is 0 Å². The van der Waals surface area contributed by atoms with Gasteiger partial charge in [-0.2, -0.15) is 0 Å². The van der Waals surface area contributed by atoms with Gasteiger partial charge in [0.1, 0.15) is 0 Å². The molecule has 1 saturated carbocycles. The number of ether oxygens (including phenoxy) is 2. The van der Waals surface area contributed by atoms with Gasteiger partial charge in [0.05, 0.1) is 20.3 Å². The van der Waals surface area contributed by atoms with Crippen LogP contribution in [0.5, 0.6) is 11.5 Å². The fourth-order valence-corrected chi connectivity index (χ4v) is 3.08. The van der Waals surface area contributed by atoms with Gasteiger partial charge in [0.25, 0.3) is 0 Å². The fraction of sp³-hybridized carbons (Fsp3) is 0.600. The number of benzene rings is 1. The van der Waals surface area contributed by atoms with E-state index in [1.54, 1.807) is 14.2 Å². The van der Waals surface area contributed by atoms with Crippen LogP contribution in [0.3, 0.4) is 0 Å². The van der Waals surface area contributed by atoms with Gasteiger partial charge in [0.2, 0.25) is 0 Å². The third-order valence-corrected chi connectivity index (χ3v) is 4.57. The Morgan fingerprint density at radius 1 is 1.20 bits per heavy atom. The van der Waals surface area contributed by atoms with Crippen molar-refractivity contribution >= 4 is 15.9 Å². The van der Waals surface area contributed by atoms with Crippen LogP contribution in [0, 0.1) is 0 Å². The monoisotopic (exact) mass is 343 g/mol. The highest BCUT2D eigenvalue weighted by Gasteiger charge is 2.22. The highest BCUT2D eigenvalue weighted by Crippen LogP contribution is 2.33. The van der Waals surface area contributed by atoms with Crippen molar-refractivity contribution in [2.24, 2.45) is 0 Å². The summed E-state index contributed by atoms with van der Waals surface area (Å²) >= 11 is 3.55. The molecule has 1 aliphatic carbocycles. The van der Waals surface area contributed by atoms with Crippen molar-refractivity contribution in [2.45, 2.75) is 44.4 Å². The number of methoxy groups -OCH3 is 2. The summed E-state index contributed by atoms with van der Waals surface area (Å²) in [4.78, 5) is 0. The second kappa shape index (κ2) is 7.29. The molecular weight excluding hydrogens is 322 g/mol. The van der Waals surface area contributed by atoms with Crippen molar-refractivity contribution in [3.05, 3.63) is 22.2 Å². The Morgan fingerprint density at radius 3 is 2.50 bits per heavy atom. The first-order chi connectivity index (χ1) is 9.65. The quantitative estimate of drug-likeness (QED) is 0.863. The lowest BCUT2D eigenvalue weighted by Gasteiger charge is -2.28. The highest BCUT2D eigenvalue weighted by molar-refractivity contribution is 9.10. The molecule has 1 aromatic rings. The normalized spacial score (nSPS) is 22.6. The molecule has 0 amide bonds. The van der Waals surface area contributed by atoms with Crippen LogP contribution in [-0.2, 0) is 6.54 Å². The summed E-state index contributed by atoms with van der Waals surface area (Å²) < 4.78 is 11.6. The van der Waals surface area contributed by atoms with E-state index in [0.717, 1.165) is 35.0 Å². The van der Waals surface area contributed by atoms with Crippen molar-refractivity contribution in [1.29, 1.82) is 0 Å². The first-order valence-corrected chi connectivity index (χ1v) is 7.77. The number of halogens is 1. The number of aliphatic hydroxyl groups is 1. The van der Waals surface area contributed by atoms with E-state index in [0.29, 0.717) is 12.3 Å². The third kappa shape index (κ3) is 3.65. The van der Waals surface area contributed by atoms with Crippen LogP contribution in [0.4, 0.5) is 0 Å². The molecule has 4 nitrogen and oxygen atoms in total. The van der Waals surface area contributed by atoms with Gasteiger partial charge < -0.3 is 19.9 Å². The predicted molar refractivity (Wildman–Crippen MR) is 82.3 cm³/mol. The van der Waals surface area contributed by atoms with E-state index >= 15 is 0 Å². The Balaban J connectivity index is 2.05. The molecule has 0 spiro atoms. The van der Waals surface area contributed by atoms with E-state index < -0.39 is 0 Å². The number of aliphatic hydroxyl groups excluding tert-OH is 1. The molecule has 0 aliphatic heterocycles. The molecule has 1 fully saturated rings. The number of rotatable bonds is 5. The first-order valence-electron chi connectivity index (χ1n) is 6.97. The molecule has 112 valence electrons. The molecule has 2 rings (SSSR count). The second-order valence-electron chi connectivity index (χ2n) is 5.14. The summed E-state index contributed by atoms with van der Waals surface area (Å²) in [5.74, 6) is 1.43. The lowest BCUT2D eigenvalue weighted by Crippen LogP contribution is -2.41. The smallest absolute Gasteiger partial charge is 0.161 e. The number of hydrogen-bond donors (Lipinski definition) is 2. The maximum atomic E-state index is 9.98. The molecule has 1 aromatic carbocycles. The van der Waals surface area contributed by atoms with Crippen molar-refractivity contribution in [2.75, 3.05) is 14.2 Å². The maximum Gasteiger partial charge on any atom is 0.161 e. The molecule has 0 saturated heterocycles. The van der Waals surface area contributed by atoms with Crippen molar-refractivity contribution in [1.82, 2.24) is 5.32 Å². The average Bonchev–Trinajstić information content (AvgIpc) is 2.47. The summed E-state index contributed by atoms with van der Waals surface area (Å²) in [6.45, 7) is 0.697. The van der Waals surface area contributed by atoms with Crippen LogP contribution in [0.1, 0.15) is 31.2 Å². The van der Waals surface area contributed by atoms with Crippen molar-refractivity contribution < 1.29 is 14.6 Å². The van der Waals surface area contributed by atoms with E-state index in [-0.39, 0.29) is 12.1 Å². The van der Waals surface area contributed by atoms with Crippen LogP contribution < -0.4 is 14.8 Å². The summed E-state index contributed by atoms with van der Waals surface area (Å²) in [5.41, 5.74) is 1.10. The lowest BCUT2D eigenvalue weighted by atomic mass is 9.92. The molecule has 0 unspecified atom stereocenters. The lowest BCUT2D eigenvalue weighted by molar-refractivity contribution is 0.0902. The zero-order valence-corrected chi connectivity index (χ0v) is 13.6. The van der Waals surface area contributed by atoms with E-state index in [9.17, 15) is 5.11 Å². The predicted octanol–water partition coefficient (Wildman–Crippen LogP) is 2.86. The molecule has 0 radical (unpaired) electrons. The van der Waals surface area contributed by atoms with Gasteiger partial charge in [0, 0.05) is 17.1 Å². The van der Waals surface area contributed by atoms with Gasteiger partial charge in [-0.15, -0.1) is 0 Å². The average molecular weight is 344 g/mol. The summed E-state index contributed by atoms with van der Waals surface area (Å²) in [5, 5.41) is 13.4. The second-order valence-corrected chi connectivity index (χ2v) is 5.99. The van der Waals surface area contributed by atoms with Gasteiger partial charge in [-0.05, 0) is 30.5 Å². The number of nitrogens with one attached hydrogen (secondary N) is 1. The van der Waals surface area contributed by atoms with Gasteiger partial charge in [-0.3, -0.25) is 0 Å². The molecule has 0 bridgehead atoms. The topological polar surface area (TPSA) is 50.7 Å². The largest absolute Gasteiger partial charge is 0.493 e. The Bertz CT molecular complexity index is 453. The zero-order valence-electron chi connectivity index (χ0n) is 12.0. The summed E-state index contributed by atoms with van der Waals surface area (Å²) in [7, 11) is 3.26. The van der Waals surface area contributed by atoms with E-state index in [1.807, 2.05) is 12.1 Å². The molecule has 5 heteroatoms. The Kier molecular flexibility index (Phi) is 5.69. The molecule has 0 heterocycles. The Hall–Kier alpha value is -0.780. The molecule has 0 aromatic heterocycles. The first kappa shape index (κ1) is 15.6. The SMILES string of the molecule is COc1cc(Br)c(CN[C@H]2CCCC[C@H]2O)cc1OC. The molecule has 2 N–H and O–H groups in total.